The molecule has 0 aromatic carbocycles. The molecule has 1 aliphatic heterocycles. The molecule has 2 aromatic rings. The van der Waals surface area contributed by atoms with Crippen LogP contribution in [0.25, 0.3) is 0 Å². The van der Waals surface area contributed by atoms with Gasteiger partial charge in [-0.25, -0.2) is 0 Å². The Hall–Kier alpha value is -2.24. The van der Waals surface area contributed by atoms with E-state index in [4.69, 9.17) is 0 Å². The molecule has 6 nitrogen and oxygen atoms in total. The smallest absolute Gasteiger partial charge is 0.224 e. The molecule has 6 heteroatoms. The minimum atomic E-state index is 0.189. The summed E-state index contributed by atoms with van der Waals surface area (Å²) in [6.07, 6.45) is 7.40. The first-order chi connectivity index (χ1) is 9.33. The van der Waals surface area contributed by atoms with Gasteiger partial charge in [0.25, 0.3) is 0 Å². The minimum absolute atomic E-state index is 0.189. The van der Waals surface area contributed by atoms with E-state index in [0.29, 0.717) is 18.9 Å². The van der Waals surface area contributed by atoms with Crippen LogP contribution in [0.15, 0.2) is 37.2 Å². The Bertz CT molecular complexity index is 533. The van der Waals surface area contributed by atoms with E-state index in [1.54, 1.807) is 18.9 Å². The Morgan fingerprint density at radius 1 is 1.32 bits per heavy atom. The first-order valence-corrected chi connectivity index (χ1v) is 6.33. The molecule has 19 heavy (non-hydrogen) atoms. The number of likely N-dealkylation sites (tertiary alicyclic amines) is 1. The Labute approximate surface area is 111 Å². The number of hydrogen-bond acceptors (Lipinski definition) is 4. The molecule has 0 atom stereocenters. The zero-order valence-electron chi connectivity index (χ0n) is 10.5. The van der Waals surface area contributed by atoms with Gasteiger partial charge in [-0.3, -0.25) is 9.78 Å². The summed E-state index contributed by atoms with van der Waals surface area (Å²) in [6.45, 7) is 2.24. The van der Waals surface area contributed by atoms with E-state index in [9.17, 15) is 4.79 Å². The summed E-state index contributed by atoms with van der Waals surface area (Å²) in [6, 6.07) is 4.00. The maximum atomic E-state index is 12.0. The van der Waals surface area contributed by atoms with Gasteiger partial charge in [0.2, 0.25) is 5.91 Å². The number of rotatable bonds is 4. The second-order valence-corrected chi connectivity index (χ2v) is 4.73. The van der Waals surface area contributed by atoms with E-state index in [0.717, 1.165) is 13.1 Å². The fourth-order valence-corrected chi connectivity index (χ4v) is 2.23. The molecule has 1 fully saturated rings. The number of pyridine rings is 1. The summed E-state index contributed by atoms with van der Waals surface area (Å²) >= 11 is 0. The fourth-order valence-electron chi connectivity index (χ4n) is 2.23. The normalized spacial score (nSPS) is 15.3. The summed E-state index contributed by atoms with van der Waals surface area (Å²) in [5.41, 5.74) is 1.21. The van der Waals surface area contributed by atoms with Gasteiger partial charge < -0.3 is 9.47 Å². The highest BCUT2D eigenvalue weighted by Gasteiger charge is 2.31. The third kappa shape index (κ3) is 2.62. The minimum Gasteiger partial charge on any atom is -0.341 e. The molecule has 2 aromatic heterocycles. The van der Waals surface area contributed by atoms with E-state index < -0.39 is 0 Å². The molecule has 0 N–H and O–H groups in total. The van der Waals surface area contributed by atoms with Gasteiger partial charge in [-0.05, 0) is 11.6 Å². The van der Waals surface area contributed by atoms with Gasteiger partial charge >= 0.3 is 0 Å². The van der Waals surface area contributed by atoms with Crippen molar-refractivity contribution in [2.45, 2.75) is 18.9 Å². The summed E-state index contributed by atoms with van der Waals surface area (Å²) in [5.74, 6) is 0.626. The van der Waals surface area contributed by atoms with Crippen LogP contribution in [0.3, 0.4) is 0 Å². The van der Waals surface area contributed by atoms with Crippen LogP contribution in [0.2, 0.25) is 0 Å². The Balaban J connectivity index is 1.47. The average Bonchev–Trinajstić information content (AvgIpc) is 2.89. The predicted octanol–water partition coefficient (Wildman–Crippen LogP) is 0.689. The van der Waals surface area contributed by atoms with Crippen molar-refractivity contribution in [3.8, 4) is 0 Å². The van der Waals surface area contributed by atoms with E-state index in [1.807, 2.05) is 21.7 Å². The number of carbonyl (C=O) groups excluding carboxylic acids is 1. The molecule has 0 saturated carbocycles. The first-order valence-electron chi connectivity index (χ1n) is 6.33. The van der Waals surface area contributed by atoms with E-state index >= 15 is 0 Å². The van der Waals surface area contributed by atoms with Crippen molar-refractivity contribution in [2.24, 2.45) is 0 Å². The number of carbonyl (C=O) groups is 1. The van der Waals surface area contributed by atoms with Crippen LogP contribution in [0, 0.1) is 0 Å². The van der Waals surface area contributed by atoms with Crippen LogP contribution in [-0.4, -0.2) is 43.6 Å². The number of aryl methyl sites for hydroxylation is 1. The SMILES string of the molecule is O=C(CCn1cnnc1)N1CC(c2cccnc2)C1. The Morgan fingerprint density at radius 2 is 2.11 bits per heavy atom. The van der Waals surface area contributed by atoms with E-state index in [-0.39, 0.29) is 5.91 Å². The lowest BCUT2D eigenvalue weighted by Gasteiger charge is -2.39. The van der Waals surface area contributed by atoms with Gasteiger partial charge in [-0.15, -0.1) is 10.2 Å². The summed E-state index contributed by atoms with van der Waals surface area (Å²) < 4.78 is 1.82. The highest BCUT2D eigenvalue weighted by molar-refractivity contribution is 5.77. The maximum Gasteiger partial charge on any atom is 0.224 e. The quantitative estimate of drug-likeness (QED) is 0.808. The number of aromatic nitrogens is 4. The van der Waals surface area contributed by atoms with Crippen LogP contribution in [0.5, 0.6) is 0 Å². The molecule has 1 saturated heterocycles. The largest absolute Gasteiger partial charge is 0.341 e. The topological polar surface area (TPSA) is 63.9 Å². The molecule has 0 bridgehead atoms. The lowest BCUT2D eigenvalue weighted by Crippen LogP contribution is -2.48. The molecule has 0 spiro atoms. The second kappa shape index (κ2) is 5.17. The molecular weight excluding hydrogens is 242 g/mol. The van der Waals surface area contributed by atoms with Crippen LogP contribution in [-0.2, 0) is 11.3 Å². The Morgan fingerprint density at radius 3 is 2.79 bits per heavy atom. The zero-order chi connectivity index (χ0) is 13.1. The highest BCUT2D eigenvalue weighted by atomic mass is 16.2. The molecule has 0 unspecified atom stereocenters. The second-order valence-electron chi connectivity index (χ2n) is 4.73. The highest BCUT2D eigenvalue weighted by Crippen LogP contribution is 2.26. The molecular formula is C13H15N5O. The van der Waals surface area contributed by atoms with Gasteiger partial charge in [-0.2, -0.15) is 0 Å². The zero-order valence-corrected chi connectivity index (χ0v) is 10.5. The summed E-state index contributed by atoms with van der Waals surface area (Å²) in [4.78, 5) is 18.0. The van der Waals surface area contributed by atoms with Crippen LogP contribution < -0.4 is 0 Å². The molecule has 1 aliphatic rings. The average molecular weight is 257 g/mol. The fraction of sp³-hybridized carbons (Fsp3) is 0.385. The molecule has 98 valence electrons. The maximum absolute atomic E-state index is 12.0. The summed E-state index contributed by atoms with van der Waals surface area (Å²) in [5, 5.41) is 7.42. The lowest BCUT2D eigenvalue weighted by atomic mass is 9.92. The molecule has 0 radical (unpaired) electrons. The monoisotopic (exact) mass is 257 g/mol. The van der Waals surface area contributed by atoms with Crippen molar-refractivity contribution in [3.63, 3.8) is 0 Å². The third-order valence-corrected chi connectivity index (χ3v) is 3.44. The van der Waals surface area contributed by atoms with E-state index in [2.05, 4.69) is 21.2 Å². The van der Waals surface area contributed by atoms with Gasteiger partial charge in [-0.1, -0.05) is 6.07 Å². The number of amides is 1. The third-order valence-electron chi connectivity index (χ3n) is 3.44. The van der Waals surface area contributed by atoms with Gasteiger partial charge in [0, 0.05) is 44.4 Å². The first kappa shape index (κ1) is 11.8. The van der Waals surface area contributed by atoms with Crippen molar-refractivity contribution >= 4 is 5.91 Å². The standard InChI is InChI=1S/C13H15N5O/c19-13(3-5-17-9-15-16-10-17)18-7-12(8-18)11-2-1-4-14-6-11/h1-2,4,6,9-10,12H,3,5,7-8H2. The molecule has 1 amide bonds. The van der Waals surface area contributed by atoms with Crippen molar-refractivity contribution in [1.29, 1.82) is 0 Å². The van der Waals surface area contributed by atoms with Crippen molar-refractivity contribution in [3.05, 3.63) is 42.7 Å². The molecule has 3 rings (SSSR count). The van der Waals surface area contributed by atoms with Gasteiger partial charge in [0.1, 0.15) is 12.7 Å². The van der Waals surface area contributed by atoms with Crippen molar-refractivity contribution < 1.29 is 4.79 Å². The van der Waals surface area contributed by atoms with Gasteiger partial charge in [0.05, 0.1) is 0 Å². The lowest BCUT2D eigenvalue weighted by molar-refractivity contribution is -0.135. The van der Waals surface area contributed by atoms with Gasteiger partial charge in [0.15, 0.2) is 0 Å². The number of hydrogen-bond donors (Lipinski definition) is 0. The van der Waals surface area contributed by atoms with Crippen molar-refractivity contribution in [1.82, 2.24) is 24.6 Å². The van der Waals surface area contributed by atoms with Crippen LogP contribution in [0.1, 0.15) is 17.9 Å². The van der Waals surface area contributed by atoms with Crippen LogP contribution >= 0.6 is 0 Å². The predicted molar refractivity (Wildman–Crippen MR) is 68.2 cm³/mol. The van der Waals surface area contributed by atoms with Crippen molar-refractivity contribution in [2.75, 3.05) is 13.1 Å². The molecule has 3 heterocycles. The number of nitrogens with zero attached hydrogens (tertiary/aromatic N) is 5. The molecule has 0 aliphatic carbocycles. The Kier molecular flexibility index (Phi) is 3.22. The van der Waals surface area contributed by atoms with Crippen LogP contribution in [0.4, 0.5) is 0 Å². The summed E-state index contributed by atoms with van der Waals surface area (Å²) in [7, 11) is 0. The van der Waals surface area contributed by atoms with E-state index in [1.165, 1.54) is 5.56 Å².